The highest BCUT2D eigenvalue weighted by atomic mass is 14.9. The Morgan fingerprint density at radius 3 is 2.19 bits per heavy atom. The van der Waals surface area contributed by atoms with Gasteiger partial charge in [0.2, 0.25) is 0 Å². The SMILES string of the molecule is CCCC(NCC)c1ccc2c(c1)C(C)(C)CCC2(C)C. The second kappa shape index (κ2) is 6.12. The van der Waals surface area contributed by atoms with Gasteiger partial charge in [-0.25, -0.2) is 0 Å². The lowest BCUT2D eigenvalue weighted by Crippen LogP contribution is -2.34. The van der Waals surface area contributed by atoms with Crippen molar-refractivity contribution in [1.29, 1.82) is 0 Å². The molecule has 1 unspecified atom stereocenters. The quantitative estimate of drug-likeness (QED) is 0.755. The third kappa shape index (κ3) is 3.34. The first-order valence-corrected chi connectivity index (χ1v) is 8.70. The van der Waals surface area contributed by atoms with Crippen molar-refractivity contribution in [2.45, 2.75) is 84.1 Å². The molecular formula is C20H33N. The van der Waals surface area contributed by atoms with E-state index in [1.165, 1.54) is 31.2 Å². The van der Waals surface area contributed by atoms with Crippen LogP contribution >= 0.6 is 0 Å². The van der Waals surface area contributed by atoms with E-state index in [9.17, 15) is 0 Å². The average Bonchev–Trinajstić information content (AvgIpc) is 2.43. The molecule has 1 aliphatic rings. The summed E-state index contributed by atoms with van der Waals surface area (Å²) in [6.07, 6.45) is 5.02. The second-order valence-corrected chi connectivity index (χ2v) is 7.97. The van der Waals surface area contributed by atoms with Gasteiger partial charge in [-0.1, -0.05) is 66.2 Å². The fourth-order valence-corrected chi connectivity index (χ4v) is 3.74. The summed E-state index contributed by atoms with van der Waals surface area (Å²) in [6, 6.07) is 7.78. The summed E-state index contributed by atoms with van der Waals surface area (Å²) in [5.74, 6) is 0. The van der Waals surface area contributed by atoms with E-state index >= 15 is 0 Å². The molecule has 0 aromatic heterocycles. The third-order valence-corrected chi connectivity index (χ3v) is 5.31. The van der Waals surface area contributed by atoms with Crippen LogP contribution in [0.2, 0.25) is 0 Å². The molecule has 0 radical (unpaired) electrons. The fourth-order valence-electron chi connectivity index (χ4n) is 3.74. The van der Waals surface area contributed by atoms with Gasteiger partial charge in [0.1, 0.15) is 0 Å². The van der Waals surface area contributed by atoms with Gasteiger partial charge in [-0.15, -0.1) is 0 Å². The highest BCUT2D eigenvalue weighted by Crippen LogP contribution is 2.46. The van der Waals surface area contributed by atoms with Crippen LogP contribution in [0.4, 0.5) is 0 Å². The Morgan fingerprint density at radius 1 is 1.00 bits per heavy atom. The zero-order valence-corrected chi connectivity index (χ0v) is 14.8. The van der Waals surface area contributed by atoms with Crippen LogP contribution in [0, 0.1) is 0 Å². The molecule has 0 amide bonds. The Kier molecular flexibility index (Phi) is 4.82. The third-order valence-electron chi connectivity index (χ3n) is 5.31. The summed E-state index contributed by atoms with van der Waals surface area (Å²) >= 11 is 0. The number of hydrogen-bond donors (Lipinski definition) is 1. The van der Waals surface area contributed by atoms with Gasteiger partial charge in [0.05, 0.1) is 0 Å². The first-order valence-electron chi connectivity index (χ1n) is 8.70. The highest BCUT2D eigenvalue weighted by Gasteiger charge is 2.37. The Hall–Kier alpha value is -0.820. The summed E-state index contributed by atoms with van der Waals surface area (Å²) in [5.41, 5.74) is 5.25. The molecule has 1 N–H and O–H groups in total. The van der Waals surface area contributed by atoms with E-state index in [1.807, 2.05) is 0 Å². The maximum absolute atomic E-state index is 3.65. The first kappa shape index (κ1) is 16.5. The topological polar surface area (TPSA) is 12.0 Å². The lowest BCUT2D eigenvalue weighted by Gasteiger charge is -2.42. The molecular weight excluding hydrogens is 254 g/mol. The van der Waals surface area contributed by atoms with Crippen molar-refractivity contribution < 1.29 is 0 Å². The molecule has 0 saturated heterocycles. The zero-order valence-electron chi connectivity index (χ0n) is 14.8. The molecule has 0 bridgehead atoms. The predicted octanol–water partition coefficient (Wildman–Crippen LogP) is 5.49. The van der Waals surface area contributed by atoms with Gasteiger partial charge in [-0.05, 0) is 53.3 Å². The smallest absolute Gasteiger partial charge is 0.0320 e. The first-order chi connectivity index (χ1) is 9.81. The number of fused-ring (bicyclic) bond motifs is 1. The van der Waals surface area contributed by atoms with Gasteiger partial charge in [0.15, 0.2) is 0 Å². The number of benzene rings is 1. The molecule has 1 heteroatoms. The molecule has 0 saturated carbocycles. The van der Waals surface area contributed by atoms with Gasteiger partial charge >= 0.3 is 0 Å². The standard InChI is InChI=1S/C20H33N/c1-7-9-18(21-8-2)15-10-11-16-17(14-15)20(5,6)13-12-19(16,3)4/h10-11,14,18,21H,7-9,12-13H2,1-6H3. The van der Waals surface area contributed by atoms with Gasteiger partial charge in [-0.3, -0.25) is 0 Å². The van der Waals surface area contributed by atoms with Crippen LogP contribution in [0.1, 0.15) is 90.0 Å². The van der Waals surface area contributed by atoms with Crippen LogP contribution in [0.5, 0.6) is 0 Å². The number of rotatable bonds is 5. The summed E-state index contributed by atoms with van der Waals surface area (Å²) in [5, 5.41) is 3.65. The van der Waals surface area contributed by atoms with Crippen molar-refractivity contribution in [2.24, 2.45) is 0 Å². The molecule has 0 heterocycles. The van der Waals surface area contributed by atoms with Crippen molar-refractivity contribution in [1.82, 2.24) is 5.32 Å². The van der Waals surface area contributed by atoms with Crippen LogP contribution in [0.15, 0.2) is 18.2 Å². The maximum Gasteiger partial charge on any atom is 0.0320 e. The summed E-state index contributed by atoms with van der Waals surface area (Å²) < 4.78 is 0. The second-order valence-electron chi connectivity index (χ2n) is 7.97. The Balaban J connectivity index is 2.45. The van der Waals surface area contributed by atoms with Crippen LogP contribution in [0.25, 0.3) is 0 Å². The van der Waals surface area contributed by atoms with Crippen molar-refractivity contribution in [3.63, 3.8) is 0 Å². The van der Waals surface area contributed by atoms with Crippen LogP contribution < -0.4 is 5.32 Å². The molecule has 1 aliphatic carbocycles. The summed E-state index contributed by atoms with van der Waals surface area (Å²) in [4.78, 5) is 0. The largest absolute Gasteiger partial charge is 0.310 e. The molecule has 118 valence electrons. The van der Waals surface area contributed by atoms with Crippen molar-refractivity contribution in [3.05, 3.63) is 34.9 Å². The Labute approximate surface area is 131 Å². The van der Waals surface area contributed by atoms with Crippen LogP contribution in [-0.2, 0) is 10.8 Å². The minimum Gasteiger partial charge on any atom is -0.310 e. The fraction of sp³-hybridized carbons (Fsp3) is 0.700. The van der Waals surface area contributed by atoms with Crippen molar-refractivity contribution in [2.75, 3.05) is 6.54 Å². The Morgan fingerprint density at radius 2 is 1.62 bits per heavy atom. The molecule has 1 atom stereocenters. The van der Waals surface area contributed by atoms with E-state index in [4.69, 9.17) is 0 Å². The van der Waals surface area contributed by atoms with Gasteiger partial charge in [0.25, 0.3) is 0 Å². The van der Waals surface area contributed by atoms with E-state index in [1.54, 1.807) is 11.1 Å². The monoisotopic (exact) mass is 287 g/mol. The van der Waals surface area contributed by atoms with Gasteiger partial charge in [-0.2, -0.15) is 0 Å². The van der Waals surface area contributed by atoms with E-state index in [0.29, 0.717) is 16.9 Å². The lowest BCUT2D eigenvalue weighted by molar-refractivity contribution is 0.331. The molecule has 1 aromatic carbocycles. The molecule has 0 fully saturated rings. The van der Waals surface area contributed by atoms with Gasteiger partial charge in [0, 0.05) is 6.04 Å². The zero-order chi connectivity index (χ0) is 15.7. The molecule has 21 heavy (non-hydrogen) atoms. The molecule has 0 spiro atoms. The van der Waals surface area contributed by atoms with E-state index in [-0.39, 0.29) is 0 Å². The number of hydrogen-bond acceptors (Lipinski definition) is 1. The van der Waals surface area contributed by atoms with Crippen LogP contribution in [-0.4, -0.2) is 6.54 Å². The summed E-state index contributed by atoms with van der Waals surface area (Å²) in [6.45, 7) is 15.1. The molecule has 1 nitrogen and oxygen atoms in total. The minimum atomic E-state index is 0.309. The average molecular weight is 287 g/mol. The Bertz CT molecular complexity index is 479. The normalized spacial score (nSPS) is 20.9. The highest BCUT2D eigenvalue weighted by molar-refractivity contribution is 5.44. The number of nitrogens with one attached hydrogen (secondary N) is 1. The predicted molar refractivity (Wildman–Crippen MR) is 93.1 cm³/mol. The van der Waals surface area contributed by atoms with Crippen LogP contribution in [0.3, 0.4) is 0 Å². The van der Waals surface area contributed by atoms with E-state index < -0.39 is 0 Å². The lowest BCUT2D eigenvalue weighted by atomic mass is 9.63. The van der Waals surface area contributed by atoms with E-state index in [0.717, 1.165) is 6.54 Å². The van der Waals surface area contributed by atoms with Gasteiger partial charge < -0.3 is 5.32 Å². The minimum absolute atomic E-state index is 0.309. The van der Waals surface area contributed by atoms with Crippen molar-refractivity contribution in [3.8, 4) is 0 Å². The summed E-state index contributed by atoms with van der Waals surface area (Å²) in [7, 11) is 0. The van der Waals surface area contributed by atoms with E-state index in [2.05, 4.69) is 65.1 Å². The molecule has 2 rings (SSSR count). The molecule has 0 aliphatic heterocycles. The maximum atomic E-state index is 3.65. The van der Waals surface area contributed by atoms with Crippen molar-refractivity contribution >= 4 is 0 Å². The molecule has 1 aromatic rings.